The Balaban J connectivity index is 0.00000182. The van der Waals surface area contributed by atoms with Crippen LogP contribution in [0.15, 0.2) is 48.5 Å². The Morgan fingerprint density at radius 3 is 2.37 bits per heavy atom. The minimum Gasteiger partial charge on any atom is -0.399 e. The molecule has 2 aromatic rings. The summed E-state index contributed by atoms with van der Waals surface area (Å²) in [5.41, 5.74) is 9.78. The smallest absolute Gasteiger partial charge is 0.224 e. The highest BCUT2D eigenvalue weighted by atomic mass is 35.5. The molecule has 1 amide bonds. The number of nitrogens with zero attached hydrogens (tertiary/aromatic N) is 1. The molecule has 27 heavy (non-hydrogen) atoms. The van der Waals surface area contributed by atoms with Gasteiger partial charge in [-0.3, -0.25) is 4.79 Å². The van der Waals surface area contributed by atoms with Gasteiger partial charge in [0.25, 0.3) is 0 Å². The molecule has 0 unspecified atom stereocenters. The Bertz CT molecular complexity index is 716. The van der Waals surface area contributed by atoms with Gasteiger partial charge in [-0.1, -0.05) is 37.1 Å². The molecular weight excluding hydrogens is 381 g/mol. The lowest BCUT2D eigenvalue weighted by Crippen LogP contribution is -2.24. The number of anilines is 3. The van der Waals surface area contributed by atoms with Crippen LogP contribution in [0.25, 0.3) is 0 Å². The monoisotopic (exact) mass is 409 g/mol. The van der Waals surface area contributed by atoms with E-state index in [1.807, 2.05) is 36.4 Å². The number of nitrogens with two attached hydrogens (primary N) is 1. The molecule has 1 fully saturated rings. The van der Waals surface area contributed by atoms with E-state index in [4.69, 9.17) is 5.73 Å². The first-order chi connectivity index (χ1) is 12.2. The molecule has 3 rings (SSSR count). The van der Waals surface area contributed by atoms with E-state index in [9.17, 15) is 4.79 Å². The van der Waals surface area contributed by atoms with Crippen LogP contribution in [-0.2, 0) is 11.2 Å². The fraction of sp³-hybridized carbons (Fsp3) is 0.381. The maximum Gasteiger partial charge on any atom is 0.224 e. The minimum absolute atomic E-state index is 0. The van der Waals surface area contributed by atoms with Crippen LogP contribution < -0.4 is 16.0 Å². The molecule has 1 heterocycles. The Labute approximate surface area is 174 Å². The topological polar surface area (TPSA) is 58.4 Å². The van der Waals surface area contributed by atoms with E-state index in [1.165, 1.54) is 31.4 Å². The van der Waals surface area contributed by atoms with Gasteiger partial charge in [-0.15, -0.1) is 24.8 Å². The largest absolute Gasteiger partial charge is 0.399 e. The van der Waals surface area contributed by atoms with Gasteiger partial charge in [0.05, 0.1) is 0 Å². The predicted molar refractivity (Wildman–Crippen MR) is 119 cm³/mol. The lowest BCUT2D eigenvalue weighted by molar-refractivity contribution is -0.116. The summed E-state index contributed by atoms with van der Waals surface area (Å²) in [6, 6.07) is 15.9. The van der Waals surface area contributed by atoms with Crippen LogP contribution in [0.3, 0.4) is 0 Å². The molecule has 0 spiro atoms. The number of amides is 1. The average Bonchev–Trinajstić information content (AvgIpc) is 2.91. The Hall–Kier alpha value is -1.91. The van der Waals surface area contributed by atoms with E-state index in [2.05, 4.69) is 22.3 Å². The molecule has 1 aliphatic rings. The van der Waals surface area contributed by atoms with Gasteiger partial charge in [-0.25, -0.2) is 0 Å². The van der Waals surface area contributed by atoms with Crippen LogP contribution in [0, 0.1) is 0 Å². The number of aryl methyl sites for hydroxylation is 1. The van der Waals surface area contributed by atoms with Gasteiger partial charge < -0.3 is 16.0 Å². The van der Waals surface area contributed by atoms with Crippen LogP contribution in [0.5, 0.6) is 0 Å². The number of benzene rings is 2. The molecule has 148 valence electrons. The fourth-order valence-electron chi connectivity index (χ4n) is 3.34. The van der Waals surface area contributed by atoms with Gasteiger partial charge in [-0.05, 0) is 49.1 Å². The van der Waals surface area contributed by atoms with Gasteiger partial charge >= 0.3 is 0 Å². The van der Waals surface area contributed by atoms with Crippen molar-refractivity contribution in [2.75, 3.05) is 29.0 Å². The third-order valence-electron chi connectivity index (χ3n) is 4.78. The Morgan fingerprint density at radius 1 is 0.963 bits per heavy atom. The molecule has 2 aromatic carbocycles. The zero-order valence-corrected chi connectivity index (χ0v) is 17.2. The highest BCUT2D eigenvalue weighted by Crippen LogP contribution is 2.23. The maximum atomic E-state index is 12.3. The lowest BCUT2D eigenvalue weighted by Gasteiger charge is -2.23. The van der Waals surface area contributed by atoms with Crippen molar-refractivity contribution in [2.24, 2.45) is 0 Å². The molecular formula is C21H29Cl2N3O. The van der Waals surface area contributed by atoms with Crippen LogP contribution in [-0.4, -0.2) is 19.0 Å². The van der Waals surface area contributed by atoms with E-state index in [0.717, 1.165) is 30.0 Å². The molecule has 0 bridgehead atoms. The van der Waals surface area contributed by atoms with Crippen molar-refractivity contribution in [1.29, 1.82) is 0 Å². The number of hydrogen-bond donors (Lipinski definition) is 2. The number of rotatable bonds is 5. The van der Waals surface area contributed by atoms with Crippen molar-refractivity contribution in [2.45, 2.75) is 38.5 Å². The van der Waals surface area contributed by atoms with Gasteiger partial charge in [0, 0.05) is 36.6 Å². The molecule has 4 nitrogen and oxygen atoms in total. The van der Waals surface area contributed by atoms with E-state index in [1.54, 1.807) is 0 Å². The number of nitrogens with one attached hydrogen (secondary N) is 1. The number of hydrogen-bond acceptors (Lipinski definition) is 3. The van der Waals surface area contributed by atoms with Gasteiger partial charge in [-0.2, -0.15) is 0 Å². The SMILES string of the molecule is Cl.Cl.Nc1ccccc1CCC(=O)Nc1cccc(N2CCCCCC2)c1. The van der Waals surface area contributed by atoms with Crippen molar-refractivity contribution in [1.82, 2.24) is 0 Å². The number of para-hydroxylation sites is 1. The third-order valence-corrected chi connectivity index (χ3v) is 4.78. The van der Waals surface area contributed by atoms with Crippen molar-refractivity contribution in [3.05, 3.63) is 54.1 Å². The van der Waals surface area contributed by atoms with Crippen LogP contribution in [0.4, 0.5) is 17.1 Å². The summed E-state index contributed by atoms with van der Waals surface area (Å²) < 4.78 is 0. The van der Waals surface area contributed by atoms with E-state index in [-0.39, 0.29) is 30.7 Å². The second kappa shape index (κ2) is 11.7. The summed E-state index contributed by atoms with van der Waals surface area (Å²) in [4.78, 5) is 14.7. The van der Waals surface area contributed by atoms with Crippen LogP contribution in [0.1, 0.15) is 37.7 Å². The van der Waals surface area contributed by atoms with Crippen molar-refractivity contribution in [3.8, 4) is 0 Å². The second-order valence-corrected chi connectivity index (χ2v) is 6.70. The normalized spacial score (nSPS) is 13.7. The van der Waals surface area contributed by atoms with Crippen LogP contribution >= 0.6 is 24.8 Å². The summed E-state index contributed by atoms with van der Waals surface area (Å²) in [6.07, 6.45) is 6.21. The summed E-state index contributed by atoms with van der Waals surface area (Å²) >= 11 is 0. The number of nitrogen functional groups attached to an aromatic ring is 1. The Morgan fingerprint density at radius 2 is 1.67 bits per heavy atom. The summed E-state index contributed by atoms with van der Waals surface area (Å²) in [5.74, 6) is 0.0243. The lowest BCUT2D eigenvalue weighted by atomic mass is 10.1. The van der Waals surface area contributed by atoms with E-state index >= 15 is 0 Å². The first kappa shape index (κ1) is 23.1. The molecule has 6 heteroatoms. The van der Waals surface area contributed by atoms with E-state index < -0.39 is 0 Å². The quantitative estimate of drug-likeness (QED) is 0.677. The molecule has 0 aliphatic carbocycles. The van der Waals surface area contributed by atoms with Crippen LogP contribution in [0.2, 0.25) is 0 Å². The number of halogens is 2. The molecule has 0 saturated carbocycles. The minimum atomic E-state index is 0. The molecule has 1 saturated heterocycles. The maximum absolute atomic E-state index is 12.3. The van der Waals surface area contributed by atoms with Crippen molar-refractivity contribution in [3.63, 3.8) is 0 Å². The third kappa shape index (κ3) is 6.96. The first-order valence-corrected chi connectivity index (χ1v) is 9.20. The van der Waals surface area contributed by atoms with Gasteiger partial charge in [0.2, 0.25) is 5.91 Å². The van der Waals surface area contributed by atoms with Gasteiger partial charge in [0.1, 0.15) is 0 Å². The molecule has 3 N–H and O–H groups in total. The number of carbonyl (C=O) groups is 1. The molecule has 1 aliphatic heterocycles. The highest BCUT2D eigenvalue weighted by Gasteiger charge is 2.11. The van der Waals surface area contributed by atoms with Gasteiger partial charge in [0.15, 0.2) is 0 Å². The zero-order valence-electron chi connectivity index (χ0n) is 15.5. The average molecular weight is 410 g/mol. The van der Waals surface area contributed by atoms with E-state index in [0.29, 0.717) is 12.8 Å². The Kier molecular flexibility index (Phi) is 10.0. The summed E-state index contributed by atoms with van der Waals surface area (Å²) in [7, 11) is 0. The second-order valence-electron chi connectivity index (χ2n) is 6.70. The summed E-state index contributed by atoms with van der Waals surface area (Å²) in [5, 5.41) is 3.02. The fourth-order valence-corrected chi connectivity index (χ4v) is 3.34. The zero-order chi connectivity index (χ0) is 17.5. The van der Waals surface area contributed by atoms with Crippen molar-refractivity contribution >= 4 is 47.8 Å². The molecule has 0 radical (unpaired) electrons. The highest BCUT2D eigenvalue weighted by molar-refractivity contribution is 5.91. The summed E-state index contributed by atoms with van der Waals surface area (Å²) in [6.45, 7) is 2.20. The standard InChI is InChI=1S/C21H27N3O.2ClH/c22-20-11-4-3-8-17(20)12-13-21(25)23-18-9-7-10-19(16-18)24-14-5-1-2-6-15-24;;/h3-4,7-11,16H,1-2,5-6,12-15,22H2,(H,23,25);2*1H. The molecule has 0 atom stereocenters. The van der Waals surface area contributed by atoms with Crippen molar-refractivity contribution < 1.29 is 4.79 Å². The predicted octanol–water partition coefficient (Wildman–Crippen LogP) is 5.06. The number of carbonyl (C=O) groups excluding carboxylic acids is 1. The first-order valence-electron chi connectivity index (χ1n) is 9.20. The molecule has 0 aromatic heterocycles.